The molecule has 3 rings (SSSR count). The van der Waals surface area contributed by atoms with E-state index in [2.05, 4.69) is 10.6 Å². The Balaban J connectivity index is 1.64. The molecule has 2 N–H and O–H groups in total. The molecule has 0 spiro atoms. The van der Waals surface area contributed by atoms with E-state index in [9.17, 15) is 13.2 Å². The molecule has 1 aromatic rings. The Morgan fingerprint density at radius 1 is 1.43 bits per heavy atom. The maximum atomic E-state index is 12.1. The lowest BCUT2D eigenvalue weighted by atomic mass is 10.2. The Morgan fingerprint density at radius 2 is 2.30 bits per heavy atom. The van der Waals surface area contributed by atoms with E-state index in [1.54, 1.807) is 24.3 Å². The normalized spacial score (nSPS) is 23.7. The van der Waals surface area contributed by atoms with Crippen LogP contribution < -0.4 is 14.9 Å². The van der Waals surface area contributed by atoms with Gasteiger partial charge >= 0.3 is 0 Å². The first-order valence-electron chi connectivity index (χ1n) is 7.76. The number of carbonyl (C=O) groups is 1. The van der Waals surface area contributed by atoms with E-state index in [0.717, 1.165) is 18.1 Å². The van der Waals surface area contributed by atoms with Crippen LogP contribution in [0.1, 0.15) is 12.8 Å². The molecule has 8 heteroatoms. The van der Waals surface area contributed by atoms with Gasteiger partial charge in [-0.3, -0.25) is 9.10 Å². The lowest BCUT2D eigenvalue weighted by Crippen LogP contribution is -2.39. The molecule has 0 aromatic heterocycles. The third-order valence-corrected chi connectivity index (χ3v) is 6.95. The monoisotopic (exact) mass is 355 g/mol. The second-order valence-corrected chi connectivity index (χ2v) is 8.93. The van der Waals surface area contributed by atoms with Crippen LogP contribution in [0.4, 0.5) is 11.4 Å². The van der Waals surface area contributed by atoms with Crippen molar-refractivity contribution >= 4 is 39.1 Å². The van der Waals surface area contributed by atoms with Crippen molar-refractivity contribution in [2.75, 3.05) is 40.0 Å². The summed E-state index contributed by atoms with van der Waals surface area (Å²) in [7, 11) is -3.20. The van der Waals surface area contributed by atoms with Gasteiger partial charge in [0, 0.05) is 42.7 Å². The standard InChI is InChI=1S/C15H21N3O3S2/c19-15(10-13-11-22-7-5-16-13)17-12-3-1-4-14(9-12)18-6-2-8-23(18,20)21/h1,3-4,9,13,16H,2,5-8,10-11H2,(H,17,19). The Kier molecular flexibility index (Phi) is 5.13. The lowest BCUT2D eigenvalue weighted by Gasteiger charge is -2.22. The van der Waals surface area contributed by atoms with Gasteiger partial charge < -0.3 is 10.6 Å². The van der Waals surface area contributed by atoms with Crippen molar-refractivity contribution in [3.8, 4) is 0 Å². The predicted octanol–water partition coefficient (Wildman–Crippen LogP) is 1.26. The largest absolute Gasteiger partial charge is 0.326 e. The molecule has 1 aromatic carbocycles. The van der Waals surface area contributed by atoms with Crippen molar-refractivity contribution < 1.29 is 13.2 Å². The highest BCUT2D eigenvalue weighted by Gasteiger charge is 2.28. The quantitative estimate of drug-likeness (QED) is 0.850. The van der Waals surface area contributed by atoms with E-state index in [-0.39, 0.29) is 17.7 Å². The molecule has 2 heterocycles. The molecule has 0 aliphatic carbocycles. The zero-order valence-corrected chi connectivity index (χ0v) is 14.5. The van der Waals surface area contributed by atoms with Gasteiger partial charge in [0.2, 0.25) is 15.9 Å². The van der Waals surface area contributed by atoms with Crippen LogP contribution in [-0.4, -0.2) is 50.7 Å². The first-order valence-corrected chi connectivity index (χ1v) is 10.5. The van der Waals surface area contributed by atoms with Crippen LogP contribution in [0.15, 0.2) is 24.3 Å². The highest BCUT2D eigenvalue weighted by atomic mass is 32.2. The van der Waals surface area contributed by atoms with Crippen molar-refractivity contribution in [1.29, 1.82) is 0 Å². The number of thioether (sulfide) groups is 1. The van der Waals surface area contributed by atoms with Gasteiger partial charge in [0.1, 0.15) is 0 Å². The summed E-state index contributed by atoms with van der Waals surface area (Å²) in [6, 6.07) is 7.25. The second-order valence-electron chi connectivity index (χ2n) is 5.77. The highest BCUT2D eigenvalue weighted by molar-refractivity contribution is 7.99. The van der Waals surface area contributed by atoms with E-state index in [1.165, 1.54) is 4.31 Å². The fourth-order valence-corrected chi connectivity index (χ4v) is 5.36. The van der Waals surface area contributed by atoms with Crippen LogP contribution in [0, 0.1) is 0 Å². The van der Waals surface area contributed by atoms with Crippen molar-refractivity contribution in [3.63, 3.8) is 0 Å². The van der Waals surface area contributed by atoms with Crippen LogP contribution in [-0.2, 0) is 14.8 Å². The maximum absolute atomic E-state index is 12.1. The number of hydrogen-bond donors (Lipinski definition) is 2. The fraction of sp³-hybridized carbons (Fsp3) is 0.533. The van der Waals surface area contributed by atoms with Gasteiger partial charge in [0.25, 0.3) is 0 Å². The van der Waals surface area contributed by atoms with E-state index in [4.69, 9.17) is 0 Å². The van der Waals surface area contributed by atoms with Crippen LogP contribution >= 0.6 is 11.8 Å². The second kappa shape index (κ2) is 7.11. The Labute approximate surface area is 141 Å². The molecule has 0 bridgehead atoms. The first kappa shape index (κ1) is 16.6. The van der Waals surface area contributed by atoms with Crippen LogP contribution in [0.3, 0.4) is 0 Å². The number of nitrogens with one attached hydrogen (secondary N) is 2. The average Bonchev–Trinajstić information content (AvgIpc) is 2.88. The topological polar surface area (TPSA) is 78.5 Å². The molecule has 2 aliphatic rings. The van der Waals surface area contributed by atoms with Gasteiger partial charge in [-0.05, 0) is 24.6 Å². The van der Waals surface area contributed by atoms with Crippen molar-refractivity contribution in [1.82, 2.24) is 5.32 Å². The number of anilines is 2. The minimum atomic E-state index is -3.20. The molecule has 2 aliphatic heterocycles. The van der Waals surface area contributed by atoms with Crippen LogP contribution in [0.5, 0.6) is 0 Å². The Bertz CT molecular complexity index is 672. The molecule has 1 atom stereocenters. The minimum absolute atomic E-state index is 0.0496. The van der Waals surface area contributed by atoms with Gasteiger partial charge in [-0.2, -0.15) is 11.8 Å². The lowest BCUT2D eigenvalue weighted by molar-refractivity contribution is -0.116. The van der Waals surface area contributed by atoms with Crippen molar-refractivity contribution in [2.24, 2.45) is 0 Å². The molecule has 0 radical (unpaired) electrons. The Morgan fingerprint density at radius 3 is 3.00 bits per heavy atom. The summed E-state index contributed by atoms with van der Waals surface area (Å²) in [6.07, 6.45) is 1.07. The third kappa shape index (κ3) is 4.19. The van der Waals surface area contributed by atoms with E-state index in [0.29, 0.717) is 30.8 Å². The molecule has 126 valence electrons. The molecule has 1 unspecified atom stereocenters. The predicted molar refractivity (Wildman–Crippen MR) is 94.6 cm³/mol. The zero-order chi connectivity index (χ0) is 16.3. The zero-order valence-electron chi connectivity index (χ0n) is 12.8. The molecular formula is C15H21N3O3S2. The minimum Gasteiger partial charge on any atom is -0.326 e. The average molecular weight is 355 g/mol. The van der Waals surface area contributed by atoms with E-state index in [1.807, 2.05) is 11.8 Å². The molecule has 2 saturated heterocycles. The van der Waals surface area contributed by atoms with Crippen molar-refractivity contribution in [2.45, 2.75) is 18.9 Å². The highest BCUT2D eigenvalue weighted by Crippen LogP contribution is 2.26. The van der Waals surface area contributed by atoms with E-state index >= 15 is 0 Å². The number of sulfonamides is 1. The molecule has 6 nitrogen and oxygen atoms in total. The number of carbonyl (C=O) groups excluding carboxylic acids is 1. The SMILES string of the molecule is O=C(CC1CSCCN1)Nc1cccc(N2CCCS2(=O)=O)c1. The Hall–Kier alpha value is -1.25. The molecule has 0 saturated carbocycles. The summed E-state index contributed by atoms with van der Waals surface area (Å²) >= 11 is 1.85. The summed E-state index contributed by atoms with van der Waals surface area (Å²) in [5, 5.41) is 6.20. The smallest absolute Gasteiger partial charge is 0.235 e. The summed E-state index contributed by atoms with van der Waals surface area (Å²) < 4.78 is 25.4. The van der Waals surface area contributed by atoms with E-state index < -0.39 is 10.0 Å². The molecular weight excluding hydrogens is 334 g/mol. The van der Waals surface area contributed by atoms with Gasteiger partial charge in [0.15, 0.2) is 0 Å². The van der Waals surface area contributed by atoms with Crippen LogP contribution in [0.2, 0.25) is 0 Å². The molecule has 23 heavy (non-hydrogen) atoms. The summed E-state index contributed by atoms with van der Waals surface area (Å²) in [5.74, 6) is 2.17. The number of rotatable bonds is 4. The summed E-state index contributed by atoms with van der Waals surface area (Å²) in [6.45, 7) is 1.44. The van der Waals surface area contributed by atoms with Gasteiger partial charge in [-0.1, -0.05) is 6.07 Å². The molecule has 1 amide bonds. The van der Waals surface area contributed by atoms with Crippen molar-refractivity contribution in [3.05, 3.63) is 24.3 Å². The van der Waals surface area contributed by atoms with Crippen LogP contribution in [0.25, 0.3) is 0 Å². The van der Waals surface area contributed by atoms with Gasteiger partial charge in [-0.15, -0.1) is 0 Å². The number of hydrogen-bond acceptors (Lipinski definition) is 5. The fourth-order valence-electron chi connectivity index (χ4n) is 2.85. The van der Waals surface area contributed by atoms with Gasteiger partial charge in [-0.25, -0.2) is 8.42 Å². The molecule has 2 fully saturated rings. The van der Waals surface area contributed by atoms with Gasteiger partial charge in [0.05, 0.1) is 11.4 Å². The summed E-state index contributed by atoms with van der Waals surface area (Å²) in [4.78, 5) is 12.1. The maximum Gasteiger partial charge on any atom is 0.235 e. The number of amides is 1. The first-order chi connectivity index (χ1) is 11.0. The third-order valence-electron chi connectivity index (χ3n) is 3.95. The summed E-state index contributed by atoms with van der Waals surface area (Å²) in [5.41, 5.74) is 1.25. The number of nitrogens with zero attached hydrogens (tertiary/aromatic N) is 1. The number of benzene rings is 1.